The van der Waals surface area contributed by atoms with Crippen LogP contribution in [0.25, 0.3) is 0 Å². The van der Waals surface area contributed by atoms with Crippen LogP contribution in [0.1, 0.15) is 51.0 Å². The van der Waals surface area contributed by atoms with Gasteiger partial charge in [0.05, 0.1) is 0 Å². The standard InChI is InChI=1S/C21H29N5O3/c1-15-4-8-21(9-5-15)19(28)26(20(29)23-21)24-18(27)17-6-11-25(12-7-17)14-16-3-2-10-22-13-16/h2-3,10,13,15,17H,4-9,11-12,14H2,1H3,(H,23,29)(H,24,27). The van der Waals surface area contributed by atoms with Crippen LogP contribution in [-0.4, -0.2) is 51.4 Å². The topological polar surface area (TPSA) is 94.6 Å². The quantitative estimate of drug-likeness (QED) is 0.753. The molecule has 3 aliphatic rings. The Morgan fingerprint density at radius 2 is 1.97 bits per heavy atom. The van der Waals surface area contributed by atoms with E-state index >= 15 is 0 Å². The van der Waals surface area contributed by atoms with Gasteiger partial charge in [0.1, 0.15) is 5.54 Å². The van der Waals surface area contributed by atoms with Gasteiger partial charge in [-0.05, 0) is 69.2 Å². The summed E-state index contributed by atoms with van der Waals surface area (Å²) in [5, 5.41) is 3.76. The lowest BCUT2D eigenvalue weighted by Gasteiger charge is -2.34. The summed E-state index contributed by atoms with van der Waals surface area (Å²) in [5.74, 6) is -0.179. The molecular formula is C21H29N5O3. The third-order valence-electron chi connectivity index (χ3n) is 6.60. The predicted molar refractivity (Wildman–Crippen MR) is 106 cm³/mol. The second-order valence-electron chi connectivity index (χ2n) is 8.72. The van der Waals surface area contributed by atoms with Crippen molar-refractivity contribution in [3.05, 3.63) is 30.1 Å². The number of carbonyl (C=O) groups is 3. The van der Waals surface area contributed by atoms with E-state index in [4.69, 9.17) is 0 Å². The van der Waals surface area contributed by atoms with Crippen LogP contribution < -0.4 is 10.7 Å². The molecule has 1 aliphatic carbocycles. The van der Waals surface area contributed by atoms with Gasteiger partial charge in [0.25, 0.3) is 5.91 Å². The first-order chi connectivity index (χ1) is 14.0. The number of urea groups is 1. The Balaban J connectivity index is 1.30. The Labute approximate surface area is 171 Å². The number of carbonyl (C=O) groups excluding carboxylic acids is 3. The van der Waals surface area contributed by atoms with E-state index < -0.39 is 11.6 Å². The van der Waals surface area contributed by atoms with Crippen LogP contribution >= 0.6 is 0 Å². The summed E-state index contributed by atoms with van der Waals surface area (Å²) in [6.07, 6.45) is 8.12. The minimum Gasteiger partial charge on any atom is -0.322 e. The summed E-state index contributed by atoms with van der Waals surface area (Å²) in [7, 11) is 0. The van der Waals surface area contributed by atoms with Crippen molar-refractivity contribution in [1.82, 2.24) is 25.6 Å². The molecule has 1 aromatic heterocycles. The maximum Gasteiger partial charge on any atom is 0.344 e. The van der Waals surface area contributed by atoms with E-state index in [1.54, 1.807) is 6.20 Å². The molecule has 1 aromatic rings. The molecule has 3 fully saturated rings. The number of hydrogen-bond acceptors (Lipinski definition) is 5. The van der Waals surface area contributed by atoms with Gasteiger partial charge < -0.3 is 5.32 Å². The Bertz CT molecular complexity index is 768. The molecule has 2 N–H and O–H groups in total. The van der Waals surface area contributed by atoms with Gasteiger partial charge in [-0.15, -0.1) is 0 Å². The van der Waals surface area contributed by atoms with E-state index in [2.05, 4.69) is 27.6 Å². The molecule has 2 aliphatic heterocycles. The zero-order chi connectivity index (χ0) is 20.4. The normalized spacial score (nSPS) is 28.6. The van der Waals surface area contributed by atoms with Crippen molar-refractivity contribution in [3.63, 3.8) is 0 Å². The first-order valence-electron chi connectivity index (χ1n) is 10.6. The van der Waals surface area contributed by atoms with Gasteiger partial charge in [-0.1, -0.05) is 13.0 Å². The van der Waals surface area contributed by atoms with Gasteiger partial charge in [0, 0.05) is 24.9 Å². The van der Waals surface area contributed by atoms with Gasteiger partial charge >= 0.3 is 6.03 Å². The van der Waals surface area contributed by atoms with Gasteiger partial charge in [-0.25, -0.2) is 4.79 Å². The molecule has 29 heavy (non-hydrogen) atoms. The number of nitrogens with zero attached hydrogens (tertiary/aromatic N) is 3. The van der Waals surface area contributed by atoms with Crippen LogP contribution in [0.2, 0.25) is 0 Å². The molecule has 4 rings (SSSR count). The largest absolute Gasteiger partial charge is 0.344 e. The number of amides is 4. The number of hydrogen-bond donors (Lipinski definition) is 2. The maximum absolute atomic E-state index is 12.9. The molecule has 0 bridgehead atoms. The molecular weight excluding hydrogens is 370 g/mol. The summed E-state index contributed by atoms with van der Waals surface area (Å²) < 4.78 is 0. The third-order valence-corrected chi connectivity index (χ3v) is 6.60. The van der Waals surface area contributed by atoms with Gasteiger partial charge in [0.2, 0.25) is 5.91 Å². The summed E-state index contributed by atoms with van der Waals surface area (Å²) in [4.78, 5) is 44.4. The molecule has 3 heterocycles. The molecule has 8 nitrogen and oxygen atoms in total. The Hall–Kier alpha value is -2.48. The van der Waals surface area contributed by atoms with Crippen molar-refractivity contribution in [3.8, 4) is 0 Å². The SMILES string of the molecule is CC1CCC2(CC1)NC(=O)N(NC(=O)C1CCN(Cc3cccnc3)CC1)C2=O. The molecule has 0 unspecified atom stereocenters. The van der Waals surface area contributed by atoms with Crippen LogP contribution in [0, 0.1) is 11.8 Å². The maximum atomic E-state index is 12.9. The number of pyridine rings is 1. The van der Waals surface area contributed by atoms with E-state index in [-0.39, 0.29) is 17.7 Å². The Morgan fingerprint density at radius 1 is 1.24 bits per heavy atom. The van der Waals surface area contributed by atoms with Crippen molar-refractivity contribution < 1.29 is 14.4 Å². The van der Waals surface area contributed by atoms with Crippen LogP contribution in [-0.2, 0) is 16.1 Å². The fourth-order valence-electron chi connectivity index (χ4n) is 4.62. The van der Waals surface area contributed by atoms with Crippen molar-refractivity contribution in [1.29, 1.82) is 0 Å². The zero-order valence-electron chi connectivity index (χ0n) is 16.9. The number of rotatable bonds is 4. The van der Waals surface area contributed by atoms with Crippen LogP contribution in [0.3, 0.4) is 0 Å². The average Bonchev–Trinajstić information content (AvgIpc) is 2.96. The lowest BCUT2D eigenvalue weighted by Crippen LogP contribution is -2.53. The second kappa shape index (κ2) is 8.10. The molecule has 0 aromatic carbocycles. The molecule has 0 atom stereocenters. The number of likely N-dealkylation sites (tertiary alicyclic amines) is 1. The fraction of sp³-hybridized carbons (Fsp3) is 0.619. The third kappa shape index (κ3) is 4.12. The second-order valence-corrected chi connectivity index (χ2v) is 8.72. The van der Waals surface area contributed by atoms with Crippen LogP contribution in [0.15, 0.2) is 24.5 Å². The summed E-state index contributed by atoms with van der Waals surface area (Å²) in [5.41, 5.74) is 2.92. The average molecular weight is 399 g/mol. The summed E-state index contributed by atoms with van der Waals surface area (Å²) in [6, 6.07) is 3.46. The molecule has 8 heteroatoms. The smallest absolute Gasteiger partial charge is 0.322 e. The number of nitrogens with one attached hydrogen (secondary N) is 2. The van der Waals surface area contributed by atoms with Crippen molar-refractivity contribution >= 4 is 17.8 Å². The van der Waals surface area contributed by atoms with Gasteiger partial charge in [-0.3, -0.25) is 24.9 Å². The highest BCUT2D eigenvalue weighted by Gasteiger charge is 2.53. The Kier molecular flexibility index (Phi) is 5.54. The highest BCUT2D eigenvalue weighted by Crippen LogP contribution is 2.36. The van der Waals surface area contributed by atoms with Crippen LogP contribution in [0.5, 0.6) is 0 Å². The minimum atomic E-state index is -0.829. The van der Waals surface area contributed by atoms with E-state index in [1.807, 2.05) is 18.3 Å². The van der Waals surface area contributed by atoms with Gasteiger partial charge in [0.15, 0.2) is 0 Å². The zero-order valence-corrected chi connectivity index (χ0v) is 16.9. The monoisotopic (exact) mass is 399 g/mol. The lowest BCUT2D eigenvalue weighted by molar-refractivity contribution is -0.142. The van der Waals surface area contributed by atoms with Crippen molar-refractivity contribution in [2.75, 3.05) is 13.1 Å². The molecule has 156 valence electrons. The summed E-state index contributed by atoms with van der Waals surface area (Å²) >= 11 is 0. The number of piperidine rings is 1. The molecule has 1 spiro atoms. The molecule has 1 saturated carbocycles. The highest BCUT2D eigenvalue weighted by atomic mass is 16.2. The van der Waals surface area contributed by atoms with E-state index in [0.717, 1.165) is 43.0 Å². The first kappa shape index (κ1) is 19.8. The number of imide groups is 1. The number of aromatic nitrogens is 1. The minimum absolute atomic E-state index is 0.191. The van der Waals surface area contributed by atoms with Gasteiger partial charge in [-0.2, -0.15) is 5.01 Å². The predicted octanol–water partition coefficient (Wildman–Crippen LogP) is 1.83. The lowest BCUT2D eigenvalue weighted by atomic mass is 9.77. The first-order valence-corrected chi connectivity index (χ1v) is 10.6. The van der Waals surface area contributed by atoms with E-state index in [9.17, 15) is 14.4 Å². The van der Waals surface area contributed by atoms with E-state index in [1.165, 1.54) is 0 Å². The number of hydrazine groups is 1. The van der Waals surface area contributed by atoms with E-state index in [0.29, 0.717) is 31.6 Å². The highest BCUT2D eigenvalue weighted by molar-refractivity contribution is 6.08. The molecule has 2 saturated heterocycles. The van der Waals surface area contributed by atoms with Crippen LogP contribution in [0.4, 0.5) is 4.79 Å². The fourth-order valence-corrected chi connectivity index (χ4v) is 4.62. The summed E-state index contributed by atoms with van der Waals surface area (Å²) in [6.45, 7) is 4.58. The van der Waals surface area contributed by atoms with Crippen molar-refractivity contribution in [2.45, 2.75) is 57.5 Å². The van der Waals surface area contributed by atoms with Crippen molar-refractivity contribution in [2.24, 2.45) is 11.8 Å². The molecule has 4 amide bonds. The Morgan fingerprint density at radius 3 is 2.62 bits per heavy atom. The molecule has 0 radical (unpaired) electrons.